The number of hydrogen-bond donors (Lipinski definition) is 2. The van der Waals surface area contributed by atoms with Crippen LogP contribution in [0.2, 0.25) is 0 Å². The second-order valence-corrected chi connectivity index (χ2v) is 10.4. The van der Waals surface area contributed by atoms with Crippen LogP contribution in [0.25, 0.3) is 0 Å². The van der Waals surface area contributed by atoms with E-state index >= 15 is 0 Å². The summed E-state index contributed by atoms with van der Waals surface area (Å²) in [5.74, 6) is -0.252. The number of rotatable bonds is 7. The van der Waals surface area contributed by atoms with Gasteiger partial charge in [0, 0.05) is 16.3 Å². The minimum atomic E-state index is -4.59. The zero-order valence-corrected chi connectivity index (χ0v) is 19.3. The molecule has 0 aliphatic carbocycles. The van der Waals surface area contributed by atoms with Crippen molar-refractivity contribution in [1.29, 1.82) is 0 Å². The van der Waals surface area contributed by atoms with E-state index in [9.17, 15) is 26.4 Å². The second kappa shape index (κ2) is 9.88. The number of alkyl halides is 3. The third-order valence-electron chi connectivity index (χ3n) is 4.58. The lowest BCUT2D eigenvalue weighted by atomic mass is 10.2. The number of anilines is 2. The minimum Gasteiger partial charge on any atom is -0.325 e. The third kappa shape index (κ3) is 6.75. The van der Waals surface area contributed by atoms with Crippen molar-refractivity contribution < 1.29 is 26.4 Å². The van der Waals surface area contributed by atoms with Crippen LogP contribution in [0.3, 0.4) is 0 Å². The van der Waals surface area contributed by atoms with Crippen LogP contribution in [0.4, 0.5) is 24.5 Å². The maximum Gasteiger partial charge on any atom is 0.416 e. The highest BCUT2D eigenvalue weighted by Gasteiger charge is 2.30. The predicted octanol–water partition coefficient (Wildman–Crippen LogP) is 5.93. The lowest BCUT2D eigenvalue weighted by Crippen LogP contribution is -2.22. The highest BCUT2D eigenvalue weighted by molar-refractivity contribution is 8.00. The fraction of sp³-hybridized carbons (Fsp3) is 0.174. The van der Waals surface area contributed by atoms with Crippen molar-refractivity contribution in [2.24, 2.45) is 0 Å². The molecule has 1 atom stereocenters. The van der Waals surface area contributed by atoms with E-state index in [1.165, 1.54) is 42.1 Å². The zero-order chi connectivity index (χ0) is 24.2. The molecule has 0 fully saturated rings. The highest BCUT2D eigenvalue weighted by Crippen LogP contribution is 2.31. The first-order valence-electron chi connectivity index (χ1n) is 9.78. The zero-order valence-electron chi connectivity index (χ0n) is 17.7. The molecule has 2 N–H and O–H groups in total. The lowest BCUT2D eigenvalue weighted by Gasteiger charge is -2.13. The Morgan fingerprint density at radius 1 is 0.939 bits per heavy atom. The lowest BCUT2D eigenvalue weighted by molar-refractivity contribution is -0.137. The summed E-state index contributed by atoms with van der Waals surface area (Å²) in [4.78, 5) is 13.3. The first-order valence-corrected chi connectivity index (χ1v) is 12.1. The maximum atomic E-state index is 12.9. The third-order valence-corrected chi connectivity index (χ3v) is 7.09. The Kier molecular flexibility index (Phi) is 7.38. The van der Waals surface area contributed by atoms with E-state index in [-0.39, 0.29) is 16.5 Å². The van der Waals surface area contributed by atoms with Crippen LogP contribution < -0.4 is 10.0 Å². The Morgan fingerprint density at radius 2 is 1.58 bits per heavy atom. The van der Waals surface area contributed by atoms with Gasteiger partial charge >= 0.3 is 6.18 Å². The number of halogens is 3. The second-order valence-electron chi connectivity index (χ2n) is 7.27. The Morgan fingerprint density at radius 3 is 2.18 bits per heavy atom. The average Bonchev–Trinajstić information content (AvgIpc) is 2.75. The van der Waals surface area contributed by atoms with E-state index in [0.29, 0.717) is 5.69 Å². The fourth-order valence-corrected chi connectivity index (χ4v) is 4.73. The number of carbonyl (C=O) groups is 1. The summed E-state index contributed by atoms with van der Waals surface area (Å²) >= 11 is 1.39. The molecule has 3 rings (SSSR count). The number of thioether (sulfide) groups is 1. The minimum absolute atomic E-state index is 0.153. The average molecular weight is 495 g/mol. The smallest absolute Gasteiger partial charge is 0.325 e. The summed E-state index contributed by atoms with van der Waals surface area (Å²) in [5.41, 5.74) is 0.353. The summed E-state index contributed by atoms with van der Waals surface area (Å²) in [6, 6.07) is 17.1. The number of sulfonamides is 1. The van der Waals surface area contributed by atoms with Crippen molar-refractivity contribution in [2.75, 3.05) is 10.0 Å². The van der Waals surface area contributed by atoms with Gasteiger partial charge in [0.15, 0.2) is 0 Å². The van der Waals surface area contributed by atoms with Gasteiger partial charge in [-0.2, -0.15) is 13.2 Å². The van der Waals surface area contributed by atoms with E-state index in [4.69, 9.17) is 0 Å². The topological polar surface area (TPSA) is 75.3 Å². The SMILES string of the molecule is Cc1ccc(S[C@H](C)C(=O)Nc2ccc(S(=O)(=O)Nc3cccc(C(F)(F)F)c3)cc2)cc1. The summed E-state index contributed by atoms with van der Waals surface area (Å²) in [7, 11) is -4.12. The fourth-order valence-electron chi connectivity index (χ4n) is 2.81. The Hall–Kier alpha value is -2.98. The molecule has 10 heteroatoms. The van der Waals surface area contributed by atoms with Gasteiger partial charge < -0.3 is 5.32 Å². The summed E-state index contributed by atoms with van der Waals surface area (Å²) in [6.45, 7) is 3.74. The summed E-state index contributed by atoms with van der Waals surface area (Å²) in [6.07, 6.45) is -4.59. The quantitative estimate of drug-likeness (QED) is 0.399. The molecule has 0 spiro atoms. The van der Waals surface area contributed by atoms with Crippen LogP contribution in [0.15, 0.2) is 82.6 Å². The van der Waals surface area contributed by atoms with Gasteiger partial charge in [-0.3, -0.25) is 9.52 Å². The molecule has 0 bridgehead atoms. The molecule has 0 aliphatic heterocycles. The monoisotopic (exact) mass is 494 g/mol. The first-order chi connectivity index (χ1) is 15.4. The molecule has 1 amide bonds. The summed E-state index contributed by atoms with van der Waals surface area (Å²) in [5, 5.41) is 2.34. The molecule has 0 unspecified atom stereocenters. The van der Waals surface area contributed by atoms with Crippen LogP contribution in [-0.4, -0.2) is 19.6 Å². The van der Waals surface area contributed by atoms with E-state index in [1.54, 1.807) is 6.92 Å². The Balaban J connectivity index is 1.65. The van der Waals surface area contributed by atoms with Crippen molar-refractivity contribution in [1.82, 2.24) is 0 Å². The van der Waals surface area contributed by atoms with Gasteiger partial charge in [-0.25, -0.2) is 8.42 Å². The molecule has 0 heterocycles. The molecule has 5 nitrogen and oxygen atoms in total. The molecular formula is C23H21F3N2O3S2. The molecule has 0 saturated heterocycles. The van der Waals surface area contributed by atoms with E-state index in [1.807, 2.05) is 31.2 Å². The van der Waals surface area contributed by atoms with Gasteiger partial charge in [-0.05, 0) is 68.4 Å². The largest absolute Gasteiger partial charge is 0.416 e. The van der Waals surface area contributed by atoms with Gasteiger partial charge in [0.1, 0.15) is 0 Å². The van der Waals surface area contributed by atoms with Gasteiger partial charge in [-0.1, -0.05) is 23.8 Å². The molecule has 3 aromatic rings. The molecule has 33 heavy (non-hydrogen) atoms. The standard InChI is InChI=1S/C23H21F3N2O3S2/c1-15-6-10-20(11-7-15)32-16(2)22(29)27-18-8-12-21(13-9-18)33(30,31)28-19-5-3-4-17(14-19)23(24,25)26/h3-14,16,28H,1-2H3,(H,27,29)/t16-/m1/s1. The Labute approximate surface area is 194 Å². The maximum absolute atomic E-state index is 12.9. The van der Waals surface area contributed by atoms with Crippen molar-refractivity contribution in [2.45, 2.75) is 35.1 Å². The van der Waals surface area contributed by atoms with E-state index in [0.717, 1.165) is 28.7 Å². The van der Waals surface area contributed by atoms with Crippen molar-refractivity contribution in [3.05, 3.63) is 83.9 Å². The molecule has 0 aliphatic rings. The van der Waals surface area contributed by atoms with Gasteiger partial charge in [0.25, 0.3) is 10.0 Å². The van der Waals surface area contributed by atoms with Crippen LogP contribution in [0.1, 0.15) is 18.1 Å². The molecule has 0 saturated carbocycles. The van der Waals surface area contributed by atoms with E-state index < -0.39 is 27.0 Å². The first kappa shape index (κ1) is 24.7. The van der Waals surface area contributed by atoms with Gasteiger partial charge in [0.05, 0.1) is 15.7 Å². The molecular weight excluding hydrogens is 473 g/mol. The predicted molar refractivity (Wildman–Crippen MR) is 124 cm³/mol. The van der Waals surface area contributed by atoms with Crippen LogP contribution in [0.5, 0.6) is 0 Å². The molecule has 174 valence electrons. The number of aryl methyl sites for hydroxylation is 1. The molecule has 0 radical (unpaired) electrons. The molecule has 3 aromatic carbocycles. The number of carbonyl (C=O) groups excluding carboxylic acids is 1. The van der Waals surface area contributed by atoms with Gasteiger partial charge in [-0.15, -0.1) is 11.8 Å². The van der Waals surface area contributed by atoms with Crippen LogP contribution >= 0.6 is 11.8 Å². The number of nitrogens with one attached hydrogen (secondary N) is 2. The van der Waals surface area contributed by atoms with E-state index in [2.05, 4.69) is 10.0 Å². The molecule has 0 aromatic heterocycles. The normalized spacial score (nSPS) is 12.8. The van der Waals surface area contributed by atoms with Crippen LogP contribution in [-0.2, 0) is 21.0 Å². The summed E-state index contributed by atoms with van der Waals surface area (Å²) < 4.78 is 65.8. The van der Waals surface area contributed by atoms with Gasteiger partial charge in [0.2, 0.25) is 5.91 Å². The van der Waals surface area contributed by atoms with Crippen molar-refractivity contribution >= 4 is 39.1 Å². The highest BCUT2D eigenvalue weighted by atomic mass is 32.2. The number of amides is 1. The van der Waals surface area contributed by atoms with Crippen molar-refractivity contribution in [3.63, 3.8) is 0 Å². The number of hydrogen-bond acceptors (Lipinski definition) is 4. The Bertz CT molecular complexity index is 1230. The number of benzene rings is 3. The van der Waals surface area contributed by atoms with Crippen molar-refractivity contribution in [3.8, 4) is 0 Å². The van der Waals surface area contributed by atoms with Crippen LogP contribution in [0, 0.1) is 6.92 Å².